The van der Waals surface area contributed by atoms with Gasteiger partial charge in [-0.2, -0.15) is 0 Å². The van der Waals surface area contributed by atoms with Gasteiger partial charge < -0.3 is 15.1 Å². The first-order valence-corrected chi connectivity index (χ1v) is 9.55. The lowest BCUT2D eigenvalue weighted by molar-refractivity contribution is -0.131. The van der Waals surface area contributed by atoms with Gasteiger partial charge in [0.15, 0.2) is 0 Å². The molecule has 0 bridgehead atoms. The van der Waals surface area contributed by atoms with E-state index in [-0.39, 0.29) is 24.8 Å². The Morgan fingerprint density at radius 2 is 1.58 bits per heavy atom. The molecule has 1 atom stereocenters. The van der Waals surface area contributed by atoms with E-state index >= 15 is 0 Å². The summed E-state index contributed by atoms with van der Waals surface area (Å²) < 4.78 is 0. The first kappa shape index (κ1) is 22.0. The van der Waals surface area contributed by atoms with Crippen molar-refractivity contribution in [3.8, 4) is 0 Å². The third-order valence-electron chi connectivity index (χ3n) is 5.93. The summed E-state index contributed by atoms with van der Waals surface area (Å²) in [5.41, 5.74) is 0. The molecule has 0 aromatic rings. The van der Waals surface area contributed by atoms with Crippen LogP contribution in [0.3, 0.4) is 0 Å². The molecule has 1 amide bonds. The van der Waals surface area contributed by atoms with Crippen molar-refractivity contribution in [2.24, 2.45) is 5.92 Å². The SMILES string of the molecule is Cl.Cl.O=C(CCC1CCNCC1)N1CCCC(N2CCCC2)CC1. The van der Waals surface area contributed by atoms with E-state index in [1.54, 1.807) is 0 Å². The Labute approximate surface area is 159 Å². The molecule has 1 N–H and O–H groups in total. The number of hydrogen-bond acceptors (Lipinski definition) is 3. The van der Waals surface area contributed by atoms with Crippen molar-refractivity contribution in [2.45, 2.75) is 63.8 Å². The lowest BCUT2D eigenvalue weighted by atomic mass is 9.93. The molecule has 24 heavy (non-hydrogen) atoms. The van der Waals surface area contributed by atoms with Gasteiger partial charge in [-0.25, -0.2) is 0 Å². The number of nitrogens with zero attached hydrogens (tertiary/aromatic N) is 2. The third kappa shape index (κ3) is 6.36. The molecule has 0 saturated carbocycles. The van der Waals surface area contributed by atoms with Gasteiger partial charge in [-0.05, 0) is 83.5 Å². The number of amides is 1. The van der Waals surface area contributed by atoms with Crippen LogP contribution in [0.2, 0.25) is 0 Å². The maximum Gasteiger partial charge on any atom is 0.222 e. The van der Waals surface area contributed by atoms with E-state index in [1.165, 1.54) is 58.0 Å². The smallest absolute Gasteiger partial charge is 0.222 e. The summed E-state index contributed by atoms with van der Waals surface area (Å²) in [6.07, 6.45) is 10.8. The molecule has 0 aromatic carbocycles. The molecule has 3 fully saturated rings. The van der Waals surface area contributed by atoms with E-state index in [0.29, 0.717) is 5.91 Å². The Bertz CT molecular complexity index is 358. The lowest BCUT2D eigenvalue weighted by Crippen LogP contribution is -2.36. The molecule has 0 aliphatic carbocycles. The molecule has 0 spiro atoms. The fourth-order valence-electron chi connectivity index (χ4n) is 4.46. The summed E-state index contributed by atoms with van der Waals surface area (Å²) in [5, 5.41) is 3.41. The van der Waals surface area contributed by atoms with Gasteiger partial charge in [0.1, 0.15) is 0 Å². The second-order valence-corrected chi connectivity index (χ2v) is 7.44. The zero-order valence-electron chi connectivity index (χ0n) is 14.9. The number of nitrogens with one attached hydrogen (secondary N) is 1. The van der Waals surface area contributed by atoms with Crippen molar-refractivity contribution in [3.05, 3.63) is 0 Å². The van der Waals surface area contributed by atoms with E-state index in [4.69, 9.17) is 0 Å². The summed E-state index contributed by atoms with van der Waals surface area (Å²) in [5.74, 6) is 1.19. The van der Waals surface area contributed by atoms with Crippen LogP contribution in [0.25, 0.3) is 0 Å². The molecule has 142 valence electrons. The molecule has 3 aliphatic rings. The van der Waals surface area contributed by atoms with Gasteiger partial charge in [0.25, 0.3) is 0 Å². The third-order valence-corrected chi connectivity index (χ3v) is 5.93. The van der Waals surface area contributed by atoms with Crippen molar-refractivity contribution >= 4 is 30.7 Å². The summed E-state index contributed by atoms with van der Waals surface area (Å²) in [4.78, 5) is 17.4. The molecule has 3 saturated heterocycles. The number of likely N-dealkylation sites (tertiary alicyclic amines) is 2. The van der Waals surface area contributed by atoms with Crippen LogP contribution in [0, 0.1) is 5.92 Å². The van der Waals surface area contributed by atoms with Gasteiger partial charge in [0.2, 0.25) is 5.91 Å². The predicted octanol–water partition coefficient (Wildman–Crippen LogP) is 3.09. The molecule has 3 rings (SSSR count). The number of rotatable bonds is 4. The second-order valence-electron chi connectivity index (χ2n) is 7.44. The van der Waals surface area contributed by atoms with E-state index in [1.807, 2.05) is 0 Å². The van der Waals surface area contributed by atoms with Crippen LogP contribution in [0.5, 0.6) is 0 Å². The number of carbonyl (C=O) groups is 1. The number of halogens is 2. The molecule has 4 nitrogen and oxygen atoms in total. The van der Waals surface area contributed by atoms with E-state index in [9.17, 15) is 4.79 Å². The van der Waals surface area contributed by atoms with Gasteiger partial charge in [-0.15, -0.1) is 24.8 Å². The van der Waals surface area contributed by atoms with Crippen molar-refractivity contribution in [1.82, 2.24) is 15.1 Å². The Balaban J connectivity index is 0.00000144. The normalized spacial score (nSPS) is 26.3. The number of piperidine rings is 1. The maximum absolute atomic E-state index is 12.5. The van der Waals surface area contributed by atoms with Gasteiger partial charge in [0.05, 0.1) is 0 Å². The maximum atomic E-state index is 12.5. The molecule has 3 heterocycles. The van der Waals surface area contributed by atoms with Crippen LogP contribution < -0.4 is 5.32 Å². The van der Waals surface area contributed by atoms with E-state index in [0.717, 1.165) is 51.0 Å². The standard InChI is InChI=1S/C18H33N3O.2ClH/c22-18(6-5-16-7-10-19-11-8-16)21-14-3-4-17(9-15-21)20-12-1-2-13-20;;/h16-17,19H,1-15H2;2*1H. The quantitative estimate of drug-likeness (QED) is 0.814. The average Bonchev–Trinajstić information content (AvgIpc) is 2.98. The Morgan fingerprint density at radius 3 is 2.29 bits per heavy atom. The van der Waals surface area contributed by atoms with Crippen molar-refractivity contribution in [3.63, 3.8) is 0 Å². The molecule has 3 aliphatic heterocycles. The summed E-state index contributed by atoms with van der Waals surface area (Å²) in [7, 11) is 0. The molecule has 0 radical (unpaired) electrons. The zero-order chi connectivity index (χ0) is 15.2. The highest BCUT2D eigenvalue weighted by Gasteiger charge is 2.26. The number of carbonyl (C=O) groups excluding carboxylic acids is 1. The summed E-state index contributed by atoms with van der Waals surface area (Å²) >= 11 is 0. The molecular formula is C18H35Cl2N3O. The van der Waals surface area contributed by atoms with Crippen molar-refractivity contribution in [1.29, 1.82) is 0 Å². The van der Waals surface area contributed by atoms with Crippen LogP contribution in [0.4, 0.5) is 0 Å². The highest BCUT2D eigenvalue weighted by atomic mass is 35.5. The monoisotopic (exact) mass is 379 g/mol. The van der Waals surface area contributed by atoms with Crippen LogP contribution in [0.15, 0.2) is 0 Å². The van der Waals surface area contributed by atoms with Gasteiger partial charge >= 0.3 is 0 Å². The first-order chi connectivity index (χ1) is 10.8. The summed E-state index contributed by atoms with van der Waals surface area (Å²) in [6.45, 7) is 6.84. The van der Waals surface area contributed by atoms with Gasteiger partial charge in [0, 0.05) is 25.6 Å². The molecule has 1 unspecified atom stereocenters. The molecule has 6 heteroatoms. The van der Waals surface area contributed by atoms with Crippen LogP contribution in [-0.4, -0.2) is 61.0 Å². The van der Waals surface area contributed by atoms with Crippen molar-refractivity contribution < 1.29 is 4.79 Å². The van der Waals surface area contributed by atoms with Gasteiger partial charge in [-0.3, -0.25) is 4.79 Å². The first-order valence-electron chi connectivity index (χ1n) is 9.55. The number of hydrogen-bond donors (Lipinski definition) is 1. The highest BCUT2D eigenvalue weighted by molar-refractivity contribution is 5.85. The largest absolute Gasteiger partial charge is 0.343 e. The minimum Gasteiger partial charge on any atom is -0.343 e. The fraction of sp³-hybridized carbons (Fsp3) is 0.944. The molecule has 0 aromatic heterocycles. The highest BCUT2D eigenvalue weighted by Crippen LogP contribution is 2.23. The predicted molar refractivity (Wildman–Crippen MR) is 104 cm³/mol. The second kappa shape index (κ2) is 11.6. The fourth-order valence-corrected chi connectivity index (χ4v) is 4.46. The zero-order valence-corrected chi connectivity index (χ0v) is 16.5. The Morgan fingerprint density at radius 1 is 0.875 bits per heavy atom. The average molecular weight is 380 g/mol. The topological polar surface area (TPSA) is 35.6 Å². The summed E-state index contributed by atoms with van der Waals surface area (Å²) in [6, 6.07) is 0.740. The van der Waals surface area contributed by atoms with E-state index < -0.39 is 0 Å². The lowest BCUT2D eigenvalue weighted by Gasteiger charge is -2.27. The Hall–Kier alpha value is -0.0300. The minimum atomic E-state index is 0. The van der Waals surface area contributed by atoms with E-state index in [2.05, 4.69) is 15.1 Å². The minimum absolute atomic E-state index is 0. The van der Waals surface area contributed by atoms with Crippen LogP contribution in [-0.2, 0) is 4.79 Å². The van der Waals surface area contributed by atoms with Gasteiger partial charge in [-0.1, -0.05) is 0 Å². The van der Waals surface area contributed by atoms with Crippen LogP contribution >= 0.6 is 24.8 Å². The van der Waals surface area contributed by atoms with Crippen molar-refractivity contribution in [2.75, 3.05) is 39.3 Å². The Kier molecular flexibility index (Phi) is 10.6. The van der Waals surface area contributed by atoms with Crippen LogP contribution in [0.1, 0.15) is 57.8 Å². The molecular weight excluding hydrogens is 345 g/mol.